The molecule has 2 aromatic carbocycles. The number of hydrogen-bond donors (Lipinski definition) is 0. The number of carbonyl (C=O) groups is 1. The molecule has 0 amide bonds. The second-order valence-electron chi connectivity index (χ2n) is 11.4. The van der Waals surface area contributed by atoms with Gasteiger partial charge in [-0.05, 0) is 110 Å². The molecule has 0 N–H and O–H groups in total. The number of benzene rings is 2. The van der Waals surface area contributed by atoms with Gasteiger partial charge in [-0.1, -0.05) is 18.2 Å². The SMILES string of the molecule is COCCOCOc1ccc(C(C)=Cc2ccc(C(=O)OC)c(OC)c2)cc1C12CC3CC(CC(C3)C1)C2. The lowest BCUT2D eigenvalue weighted by Gasteiger charge is -2.57. The van der Waals surface area contributed by atoms with Gasteiger partial charge in [0.25, 0.3) is 0 Å². The fourth-order valence-corrected chi connectivity index (χ4v) is 7.47. The molecular formula is C32H40O6. The Balaban J connectivity index is 1.45. The van der Waals surface area contributed by atoms with Crippen LogP contribution in [-0.4, -0.2) is 47.3 Å². The van der Waals surface area contributed by atoms with Crippen molar-refractivity contribution in [3.8, 4) is 11.5 Å². The van der Waals surface area contributed by atoms with E-state index in [0.717, 1.165) is 34.6 Å². The molecule has 6 rings (SSSR count). The summed E-state index contributed by atoms with van der Waals surface area (Å²) in [7, 11) is 4.62. The van der Waals surface area contributed by atoms with E-state index in [0.29, 0.717) is 24.5 Å². The lowest BCUT2D eigenvalue weighted by Crippen LogP contribution is -2.48. The molecule has 204 valence electrons. The molecule has 0 aromatic heterocycles. The Labute approximate surface area is 226 Å². The smallest absolute Gasteiger partial charge is 0.341 e. The van der Waals surface area contributed by atoms with E-state index in [1.54, 1.807) is 20.3 Å². The zero-order valence-corrected chi connectivity index (χ0v) is 23.1. The van der Waals surface area contributed by atoms with Crippen molar-refractivity contribution in [2.45, 2.75) is 50.9 Å². The van der Waals surface area contributed by atoms with Crippen LogP contribution in [0.15, 0.2) is 36.4 Å². The lowest BCUT2D eigenvalue weighted by molar-refractivity contribution is -0.0189. The lowest BCUT2D eigenvalue weighted by atomic mass is 9.48. The van der Waals surface area contributed by atoms with Gasteiger partial charge in [-0.25, -0.2) is 4.79 Å². The molecule has 6 heteroatoms. The van der Waals surface area contributed by atoms with Crippen molar-refractivity contribution < 1.29 is 28.5 Å². The second-order valence-corrected chi connectivity index (χ2v) is 11.4. The Morgan fingerprint density at radius 3 is 2.26 bits per heavy atom. The number of rotatable bonds is 11. The zero-order valence-electron chi connectivity index (χ0n) is 23.1. The van der Waals surface area contributed by atoms with E-state index in [1.807, 2.05) is 12.1 Å². The Hall–Kier alpha value is -2.83. The molecule has 4 saturated carbocycles. The van der Waals surface area contributed by atoms with Crippen molar-refractivity contribution in [3.05, 3.63) is 58.7 Å². The van der Waals surface area contributed by atoms with Crippen molar-refractivity contribution in [1.29, 1.82) is 0 Å². The first-order valence-corrected chi connectivity index (χ1v) is 13.7. The Kier molecular flexibility index (Phi) is 8.10. The molecule has 6 nitrogen and oxygen atoms in total. The van der Waals surface area contributed by atoms with Crippen molar-refractivity contribution in [2.75, 3.05) is 41.3 Å². The normalized spacial score (nSPS) is 25.9. The van der Waals surface area contributed by atoms with Crippen LogP contribution in [0.2, 0.25) is 0 Å². The summed E-state index contributed by atoms with van der Waals surface area (Å²) in [5.74, 6) is 3.57. The fourth-order valence-electron chi connectivity index (χ4n) is 7.47. The van der Waals surface area contributed by atoms with E-state index in [9.17, 15) is 4.79 Å². The van der Waals surface area contributed by atoms with Crippen LogP contribution in [0.3, 0.4) is 0 Å². The maximum Gasteiger partial charge on any atom is 0.341 e. The third kappa shape index (κ3) is 5.48. The van der Waals surface area contributed by atoms with Crippen LogP contribution in [0.25, 0.3) is 11.6 Å². The Morgan fingerprint density at radius 1 is 0.921 bits per heavy atom. The van der Waals surface area contributed by atoms with Crippen molar-refractivity contribution in [2.24, 2.45) is 17.8 Å². The molecule has 2 aromatic rings. The van der Waals surface area contributed by atoms with E-state index in [4.69, 9.17) is 23.7 Å². The summed E-state index contributed by atoms with van der Waals surface area (Å²) < 4.78 is 27.3. The summed E-state index contributed by atoms with van der Waals surface area (Å²) in [6.45, 7) is 3.43. The molecule has 4 bridgehead atoms. The molecule has 4 aliphatic rings. The molecule has 4 aliphatic carbocycles. The van der Waals surface area contributed by atoms with Gasteiger partial charge in [-0.15, -0.1) is 0 Å². The first kappa shape index (κ1) is 26.8. The van der Waals surface area contributed by atoms with Crippen molar-refractivity contribution in [1.82, 2.24) is 0 Å². The number of hydrogen-bond acceptors (Lipinski definition) is 6. The predicted octanol–water partition coefficient (Wildman–Crippen LogP) is 6.51. The number of carbonyl (C=O) groups excluding carboxylic acids is 1. The first-order chi connectivity index (χ1) is 18.4. The van der Waals surface area contributed by atoms with Gasteiger partial charge in [0, 0.05) is 12.7 Å². The molecule has 0 unspecified atom stereocenters. The van der Waals surface area contributed by atoms with Gasteiger partial charge < -0.3 is 23.7 Å². The highest BCUT2D eigenvalue weighted by Crippen LogP contribution is 2.62. The van der Waals surface area contributed by atoms with Crippen LogP contribution in [0, 0.1) is 17.8 Å². The summed E-state index contributed by atoms with van der Waals surface area (Å²) in [4.78, 5) is 12.1. The quantitative estimate of drug-likeness (QED) is 0.146. The summed E-state index contributed by atoms with van der Waals surface area (Å²) in [5, 5.41) is 0. The van der Waals surface area contributed by atoms with Crippen molar-refractivity contribution in [3.63, 3.8) is 0 Å². The van der Waals surface area contributed by atoms with E-state index in [2.05, 4.69) is 31.2 Å². The third-order valence-electron chi connectivity index (χ3n) is 8.79. The van der Waals surface area contributed by atoms with Crippen molar-refractivity contribution >= 4 is 17.6 Å². The fraction of sp³-hybridized carbons (Fsp3) is 0.531. The number of esters is 1. The average Bonchev–Trinajstić information content (AvgIpc) is 2.91. The van der Waals surface area contributed by atoms with Crippen LogP contribution in [0.1, 0.15) is 72.5 Å². The molecular weight excluding hydrogens is 480 g/mol. The predicted molar refractivity (Wildman–Crippen MR) is 147 cm³/mol. The maximum atomic E-state index is 12.1. The monoisotopic (exact) mass is 520 g/mol. The Bertz CT molecular complexity index is 1150. The zero-order chi connectivity index (χ0) is 26.7. The Morgan fingerprint density at radius 2 is 1.63 bits per heavy atom. The molecule has 0 saturated heterocycles. The van der Waals surface area contributed by atoms with E-state index >= 15 is 0 Å². The topological polar surface area (TPSA) is 63.2 Å². The van der Waals surface area contributed by atoms with Crippen LogP contribution >= 0.6 is 0 Å². The van der Waals surface area contributed by atoms with Crippen LogP contribution in [0.4, 0.5) is 0 Å². The average molecular weight is 521 g/mol. The van der Waals surface area contributed by atoms with E-state index in [-0.39, 0.29) is 12.2 Å². The molecule has 0 spiro atoms. The highest BCUT2D eigenvalue weighted by atomic mass is 16.7. The van der Waals surface area contributed by atoms with Gasteiger partial charge in [0.15, 0.2) is 6.79 Å². The van der Waals surface area contributed by atoms with Crippen LogP contribution in [0.5, 0.6) is 11.5 Å². The first-order valence-electron chi connectivity index (χ1n) is 13.7. The molecule has 0 atom stereocenters. The third-order valence-corrected chi connectivity index (χ3v) is 8.79. The summed E-state index contributed by atoms with van der Waals surface area (Å²) in [5.41, 5.74) is 5.25. The van der Waals surface area contributed by atoms with E-state index in [1.165, 1.54) is 56.8 Å². The minimum absolute atomic E-state index is 0.193. The van der Waals surface area contributed by atoms with E-state index < -0.39 is 5.97 Å². The number of ether oxygens (including phenoxy) is 5. The van der Waals surface area contributed by atoms with Gasteiger partial charge in [-0.3, -0.25) is 0 Å². The molecule has 38 heavy (non-hydrogen) atoms. The maximum absolute atomic E-state index is 12.1. The second kappa shape index (κ2) is 11.5. The number of allylic oxidation sites excluding steroid dienone is 1. The highest BCUT2D eigenvalue weighted by molar-refractivity contribution is 5.93. The molecule has 4 fully saturated rings. The van der Waals surface area contributed by atoms with Gasteiger partial charge >= 0.3 is 5.97 Å². The molecule has 0 aliphatic heterocycles. The van der Waals surface area contributed by atoms with Gasteiger partial charge in [0.05, 0.1) is 27.4 Å². The number of methoxy groups -OCH3 is 3. The largest absolute Gasteiger partial charge is 0.496 e. The molecule has 0 radical (unpaired) electrons. The minimum Gasteiger partial charge on any atom is -0.496 e. The standard InChI is InChI=1S/C32H40O6/c1-21(11-22-5-7-27(31(33)36-4)30(15-22)35-3)26-6-8-29(38-20-37-10-9-34-2)28(16-26)32-17-23-12-24(18-32)14-25(13-23)19-32/h5-8,11,15-16,23-25H,9-10,12-14,17-20H2,1-4H3. The highest BCUT2D eigenvalue weighted by Gasteiger charge is 2.52. The van der Waals surface area contributed by atoms with Gasteiger partial charge in [0.2, 0.25) is 0 Å². The summed E-state index contributed by atoms with van der Waals surface area (Å²) >= 11 is 0. The summed E-state index contributed by atoms with van der Waals surface area (Å²) in [6, 6.07) is 12.2. The minimum atomic E-state index is -0.406. The van der Waals surface area contributed by atoms with Gasteiger partial charge in [0.1, 0.15) is 17.1 Å². The van der Waals surface area contributed by atoms with Gasteiger partial charge in [-0.2, -0.15) is 0 Å². The molecule has 0 heterocycles. The van der Waals surface area contributed by atoms with Crippen LogP contribution in [-0.2, 0) is 19.6 Å². The summed E-state index contributed by atoms with van der Waals surface area (Å²) in [6.07, 6.45) is 10.1. The van der Waals surface area contributed by atoms with Crippen LogP contribution < -0.4 is 9.47 Å².